The molecule has 6 heteroatoms. The van der Waals surface area contributed by atoms with E-state index in [2.05, 4.69) is 0 Å². The van der Waals surface area contributed by atoms with E-state index < -0.39 is 11.9 Å². The van der Waals surface area contributed by atoms with Gasteiger partial charge in [-0.25, -0.2) is 9.59 Å². The molecule has 3 aromatic carbocycles. The second kappa shape index (κ2) is 8.26. The van der Waals surface area contributed by atoms with Crippen LogP contribution in [0.1, 0.15) is 37.4 Å². The molecule has 0 amide bonds. The number of esters is 1. The third-order valence-corrected chi connectivity index (χ3v) is 4.24. The van der Waals surface area contributed by atoms with E-state index in [1.165, 1.54) is 36.4 Å². The highest BCUT2D eigenvalue weighted by atomic mass is 16.5. The molecule has 0 bridgehead atoms. The summed E-state index contributed by atoms with van der Waals surface area (Å²) < 4.78 is 5.29. The molecule has 3 rings (SSSR count). The van der Waals surface area contributed by atoms with Crippen molar-refractivity contribution >= 4 is 11.9 Å². The Hall–Kier alpha value is -3.80. The molecule has 0 aliphatic carbocycles. The van der Waals surface area contributed by atoms with Crippen molar-refractivity contribution in [3.8, 4) is 11.5 Å². The van der Waals surface area contributed by atoms with Crippen LogP contribution in [0.2, 0.25) is 0 Å². The van der Waals surface area contributed by atoms with Gasteiger partial charge in [-0.05, 0) is 53.1 Å². The Labute approximate surface area is 161 Å². The number of aromatic carboxylic acids is 1. The van der Waals surface area contributed by atoms with E-state index in [1.807, 2.05) is 30.3 Å². The van der Waals surface area contributed by atoms with Gasteiger partial charge in [0.05, 0.1) is 11.1 Å². The van der Waals surface area contributed by atoms with E-state index >= 15 is 0 Å². The van der Waals surface area contributed by atoms with Crippen molar-refractivity contribution in [3.05, 3.63) is 94.5 Å². The molecule has 0 fully saturated rings. The number of carbonyl (C=O) groups is 2. The van der Waals surface area contributed by atoms with Gasteiger partial charge in [-0.3, -0.25) is 0 Å². The maximum atomic E-state index is 12.3. The largest absolute Gasteiger partial charge is 0.508 e. The SMILES string of the molecule is O=C(O)c1ccc(O)c(Cc2cc(C(=O)OCc3ccccc3)ccc2O)c1. The van der Waals surface area contributed by atoms with Crippen LogP contribution in [0.15, 0.2) is 66.7 Å². The first-order valence-corrected chi connectivity index (χ1v) is 8.52. The maximum absolute atomic E-state index is 12.3. The van der Waals surface area contributed by atoms with Crippen LogP contribution in [-0.4, -0.2) is 27.3 Å². The first-order chi connectivity index (χ1) is 13.4. The maximum Gasteiger partial charge on any atom is 0.338 e. The highest BCUT2D eigenvalue weighted by molar-refractivity contribution is 5.90. The summed E-state index contributed by atoms with van der Waals surface area (Å²) in [5.74, 6) is -1.83. The number of ether oxygens (including phenoxy) is 1. The lowest BCUT2D eigenvalue weighted by molar-refractivity contribution is 0.0472. The predicted octanol–water partition coefficient (Wildman–Crippen LogP) is 3.74. The Morgan fingerprint density at radius 2 is 1.36 bits per heavy atom. The van der Waals surface area contributed by atoms with Gasteiger partial charge in [0.1, 0.15) is 18.1 Å². The van der Waals surface area contributed by atoms with Crippen molar-refractivity contribution in [2.75, 3.05) is 0 Å². The highest BCUT2D eigenvalue weighted by Crippen LogP contribution is 2.27. The lowest BCUT2D eigenvalue weighted by atomic mass is 9.99. The minimum absolute atomic E-state index is 0.0192. The van der Waals surface area contributed by atoms with E-state index in [0.717, 1.165) is 5.56 Å². The van der Waals surface area contributed by atoms with Gasteiger partial charge in [0.25, 0.3) is 0 Å². The molecule has 0 aliphatic rings. The first-order valence-electron chi connectivity index (χ1n) is 8.52. The Bertz CT molecular complexity index is 1010. The second-order valence-electron chi connectivity index (χ2n) is 6.23. The Morgan fingerprint density at radius 3 is 1.96 bits per heavy atom. The zero-order chi connectivity index (χ0) is 20.1. The standard InChI is InChI=1S/C22H18O6/c23-19-8-6-15(21(25)26)10-17(19)12-18-11-16(7-9-20(18)24)22(27)28-13-14-4-2-1-3-5-14/h1-11,23-24H,12-13H2,(H,25,26). The van der Waals surface area contributed by atoms with Crippen molar-refractivity contribution in [1.82, 2.24) is 0 Å². The van der Waals surface area contributed by atoms with E-state index in [0.29, 0.717) is 11.1 Å². The van der Waals surface area contributed by atoms with Crippen LogP contribution in [-0.2, 0) is 17.8 Å². The number of benzene rings is 3. The van der Waals surface area contributed by atoms with Crippen LogP contribution >= 0.6 is 0 Å². The number of carboxylic acids is 1. The summed E-state index contributed by atoms with van der Waals surface area (Å²) in [6, 6.07) is 17.4. The number of phenols is 2. The van der Waals surface area contributed by atoms with Gasteiger partial charge in [-0.15, -0.1) is 0 Å². The number of carboxylic acid groups (broad SMARTS) is 1. The quantitative estimate of drug-likeness (QED) is 0.565. The first kappa shape index (κ1) is 19.0. The van der Waals surface area contributed by atoms with Crippen LogP contribution in [0, 0.1) is 0 Å². The number of hydrogen-bond acceptors (Lipinski definition) is 5. The summed E-state index contributed by atoms with van der Waals surface area (Å²) >= 11 is 0. The van der Waals surface area contributed by atoms with Crippen LogP contribution in [0.25, 0.3) is 0 Å². The van der Waals surface area contributed by atoms with Crippen LogP contribution < -0.4 is 0 Å². The third-order valence-electron chi connectivity index (χ3n) is 4.24. The molecule has 0 atom stereocenters. The number of rotatable bonds is 6. The number of hydrogen-bond donors (Lipinski definition) is 3. The summed E-state index contributed by atoms with van der Waals surface area (Å²) in [7, 11) is 0. The number of carbonyl (C=O) groups excluding carboxylic acids is 1. The van der Waals surface area contributed by atoms with E-state index in [4.69, 9.17) is 9.84 Å². The Morgan fingerprint density at radius 1 is 0.786 bits per heavy atom. The molecule has 0 unspecified atom stereocenters. The Balaban J connectivity index is 1.79. The van der Waals surface area contributed by atoms with Crippen molar-refractivity contribution in [3.63, 3.8) is 0 Å². The molecule has 0 aromatic heterocycles. The lowest BCUT2D eigenvalue weighted by Gasteiger charge is -2.10. The van der Waals surface area contributed by atoms with Gasteiger partial charge in [0.15, 0.2) is 0 Å². The molecule has 6 nitrogen and oxygen atoms in total. The highest BCUT2D eigenvalue weighted by Gasteiger charge is 2.14. The summed E-state index contributed by atoms with van der Waals surface area (Å²) in [6.45, 7) is 0.122. The molecular weight excluding hydrogens is 360 g/mol. The van der Waals surface area contributed by atoms with Crippen LogP contribution in [0.5, 0.6) is 11.5 Å². The summed E-state index contributed by atoms with van der Waals surface area (Å²) in [5.41, 5.74) is 1.81. The monoisotopic (exact) mass is 378 g/mol. The fraction of sp³-hybridized carbons (Fsp3) is 0.0909. The molecule has 3 aromatic rings. The lowest BCUT2D eigenvalue weighted by Crippen LogP contribution is -2.06. The van der Waals surface area contributed by atoms with E-state index in [-0.39, 0.29) is 35.7 Å². The van der Waals surface area contributed by atoms with E-state index in [1.54, 1.807) is 0 Å². The van der Waals surface area contributed by atoms with Gasteiger partial charge in [-0.2, -0.15) is 0 Å². The van der Waals surface area contributed by atoms with Crippen molar-refractivity contribution in [2.45, 2.75) is 13.0 Å². The normalized spacial score (nSPS) is 10.4. The molecule has 0 saturated heterocycles. The minimum Gasteiger partial charge on any atom is -0.508 e. The molecule has 0 radical (unpaired) electrons. The minimum atomic E-state index is -1.12. The van der Waals surface area contributed by atoms with Crippen LogP contribution in [0.3, 0.4) is 0 Å². The number of aromatic hydroxyl groups is 2. The zero-order valence-corrected chi connectivity index (χ0v) is 14.8. The van der Waals surface area contributed by atoms with Gasteiger partial charge >= 0.3 is 11.9 Å². The van der Waals surface area contributed by atoms with Gasteiger partial charge in [-0.1, -0.05) is 30.3 Å². The molecule has 0 saturated carbocycles. The second-order valence-corrected chi connectivity index (χ2v) is 6.23. The van der Waals surface area contributed by atoms with Gasteiger partial charge in [0, 0.05) is 6.42 Å². The number of phenolic OH excluding ortho intramolecular Hbond substituents is 2. The van der Waals surface area contributed by atoms with Crippen molar-refractivity contribution in [2.24, 2.45) is 0 Å². The molecule has 142 valence electrons. The average Bonchev–Trinajstić information content (AvgIpc) is 2.70. The summed E-state index contributed by atoms with van der Waals surface area (Å²) in [6.07, 6.45) is 0.0542. The third kappa shape index (κ3) is 4.48. The predicted molar refractivity (Wildman–Crippen MR) is 102 cm³/mol. The topological polar surface area (TPSA) is 104 Å². The molecule has 0 spiro atoms. The van der Waals surface area contributed by atoms with Gasteiger partial charge in [0.2, 0.25) is 0 Å². The molecule has 3 N–H and O–H groups in total. The van der Waals surface area contributed by atoms with E-state index in [9.17, 15) is 19.8 Å². The average molecular weight is 378 g/mol. The molecular formula is C22H18O6. The fourth-order valence-electron chi connectivity index (χ4n) is 2.73. The summed E-state index contributed by atoms with van der Waals surface area (Å²) in [4.78, 5) is 23.4. The van der Waals surface area contributed by atoms with Crippen LogP contribution in [0.4, 0.5) is 0 Å². The van der Waals surface area contributed by atoms with Crippen molar-refractivity contribution in [1.29, 1.82) is 0 Å². The van der Waals surface area contributed by atoms with Crippen molar-refractivity contribution < 1.29 is 29.6 Å². The smallest absolute Gasteiger partial charge is 0.338 e. The summed E-state index contributed by atoms with van der Waals surface area (Å²) in [5, 5.41) is 29.2. The zero-order valence-electron chi connectivity index (χ0n) is 14.8. The Kier molecular flexibility index (Phi) is 5.60. The fourth-order valence-corrected chi connectivity index (χ4v) is 2.73. The molecule has 0 heterocycles. The molecule has 28 heavy (non-hydrogen) atoms. The van der Waals surface area contributed by atoms with Gasteiger partial charge < -0.3 is 20.1 Å². The molecule has 0 aliphatic heterocycles.